The van der Waals surface area contributed by atoms with Gasteiger partial charge in [0.15, 0.2) is 0 Å². The summed E-state index contributed by atoms with van der Waals surface area (Å²) in [6, 6.07) is 0. The zero-order valence-corrected chi connectivity index (χ0v) is 17.1. The first-order valence-electron chi connectivity index (χ1n) is 8.03. The van der Waals surface area contributed by atoms with Crippen molar-refractivity contribution >= 4 is 31.9 Å². The van der Waals surface area contributed by atoms with E-state index in [-0.39, 0.29) is 23.3 Å². The van der Waals surface area contributed by atoms with Crippen molar-refractivity contribution in [2.45, 2.75) is 52.4 Å². The Bertz CT molecular complexity index is 633. The molecule has 1 aromatic carbocycles. The third-order valence-electron chi connectivity index (χ3n) is 4.67. The monoisotopic (exact) mass is 442 g/mol. The fourth-order valence-corrected chi connectivity index (χ4v) is 4.91. The molecule has 1 aromatic rings. The van der Waals surface area contributed by atoms with Gasteiger partial charge in [-0.25, -0.2) is 0 Å². The number of phenolic OH excluding ortho intramolecular Hbond substituents is 2. The van der Waals surface area contributed by atoms with Crippen LogP contribution in [0, 0.1) is 5.92 Å². The van der Waals surface area contributed by atoms with E-state index in [4.69, 9.17) is 0 Å². The lowest BCUT2D eigenvalue weighted by atomic mass is 9.73. The molecule has 0 spiro atoms. The lowest BCUT2D eigenvalue weighted by Crippen LogP contribution is -2.17. The summed E-state index contributed by atoms with van der Waals surface area (Å²) in [7, 11) is 0. The third-order valence-corrected chi connectivity index (χ3v) is 6.38. The van der Waals surface area contributed by atoms with Crippen LogP contribution in [-0.2, 0) is 6.42 Å². The number of halogens is 2. The number of aromatic hydroxyl groups is 2. The van der Waals surface area contributed by atoms with Crippen molar-refractivity contribution in [2.75, 3.05) is 0 Å². The Labute approximate surface area is 155 Å². The van der Waals surface area contributed by atoms with Gasteiger partial charge in [-0.3, -0.25) is 0 Å². The molecule has 0 aromatic heterocycles. The van der Waals surface area contributed by atoms with Crippen LogP contribution < -0.4 is 0 Å². The fourth-order valence-electron chi connectivity index (χ4n) is 3.42. The molecule has 0 amide bonds. The second-order valence-corrected chi connectivity index (χ2v) is 8.08. The molecular weight excluding hydrogens is 420 g/mol. The van der Waals surface area contributed by atoms with Crippen LogP contribution in [0.1, 0.15) is 57.1 Å². The topological polar surface area (TPSA) is 40.5 Å². The van der Waals surface area contributed by atoms with Gasteiger partial charge in [0.05, 0.1) is 8.95 Å². The Balaban J connectivity index is 2.66. The van der Waals surface area contributed by atoms with Crippen LogP contribution in [-0.4, -0.2) is 10.2 Å². The predicted octanol–water partition coefficient (Wildman–Crippen LogP) is 6.59. The molecule has 2 nitrogen and oxygen atoms in total. The van der Waals surface area contributed by atoms with Gasteiger partial charge in [-0.05, 0) is 76.5 Å². The van der Waals surface area contributed by atoms with Crippen molar-refractivity contribution in [3.05, 3.63) is 43.9 Å². The molecule has 1 aliphatic rings. The second-order valence-electron chi connectivity index (χ2n) is 6.50. The van der Waals surface area contributed by atoms with E-state index in [0.29, 0.717) is 14.5 Å². The second kappa shape index (κ2) is 7.43. The minimum Gasteiger partial charge on any atom is -0.506 e. The van der Waals surface area contributed by atoms with Gasteiger partial charge in [0.25, 0.3) is 0 Å². The molecule has 0 bridgehead atoms. The first-order valence-corrected chi connectivity index (χ1v) is 9.62. The van der Waals surface area contributed by atoms with Crippen molar-refractivity contribution in [2.24, 2.45) is 5.92 Å². The summed E-state index contributed by atoms with van der Waals surface area (Å²) < 4.78 is 1.35. The Hall–Kier alpha value is -0.740. The van der Waals surface area contributed by atoms with Gasteiger partial charge in [0.2, 0.25) is 0 Å². The quantitative estimate of drug-likeness (QED) is 0.515. The van der Waals surface area contributed by atoms with Gasteiger partial charge < -0.3 is 10.2 Å². The first-order chi connectivity index (χ1) is 10.8. The molecule has 2 rings (SSSR count). The Morgan fingerprint density at radius 3 is 2.30 bits per heavy atom. The van der Waals surface area contributed by atoms with Crippen LogP contribution >= 0.6 is 31.9 Å². The summed E-state index contributed by atoms with van der Waals surface area (Å²) in [6.07, 6.45) is 5.91. The van der Waals surface area contributed by atoms with Gasteiger partial charge in [-0.15, -0.1) is 0 Å². The maximum atomic E-state index is 10.8. The average Bonchev–Trinajstić information content (AvgIpc) is 2.49. The minimum atomic E-state index is -0.0514. The number of allylic oxidation sites excluding steroid dienone is 3. The number of rotatable bonds is 4. The zero-order chi connectivity index (χ0) is 17.3. The largest absolute Gasteiger partial charge is 0.506 e. The van der Waals surface area contributed by atoms with Crippen molar-refractivity contribution < 1.29 is 10.2 Å². The highest BCUT2D eigenvalue weighted by molar-refractivity contribution is 9.11. The molecule has 23 heavy (non-hydrogen) atoms. The number of benzene rings is 1. The Kier molecular flexibility index (Phi) is 6.01. The lowest BCUT2D eigenvalue weighted by molar-refractivity contribution is 0.402. The van der Waals surface area contributed by atoms with Crippen LogP contribution in [0.15, 0.2) is 32.7 Å². The zero-order valence-electron chi connectivity index (χ0n) is 13.9. The van der Waals surface area contributed by atoms with E-state index in [0.717, 1.165) is 36.8 Å². The highest BCUT2D eigenvalue weighted by atomic mass is 79.9. The predicted molar refractivity (Wildman–Crippen MR) is 103 cm³/mol. The molecular formula is C19H24Br2O2. The maximum Gasteiger partial charge on any atom is 0.137 e. The first kappa shape index (κ1) is 18.6. The molecule has 2 N–H and O–H groups in total. The normalized spacial score (nSPS) is 21.2. The lowest BCUT2D eigenvalue weighted by Gasteiger charge is -2.32. The van der Waals surface area contributed by atoms with Gasteiger partial charge in [0.1, 0.15) is 11.5 Å². The van der Waals surface area contributed by atoms with Gasteiger partial charge in [-0.1, -0.05) is 37.1 Å². The summed E-state index contributed by atoms with van der Waals surface area (Å²) in [4.78, 5) is 0. The maximum absolute atomic E-state index is 10.8. The highest BCUT2D eigenvalue weighted by Gasteiger charge is 2.32. The van der Waals surface area contributed by atoms with E-state index in [1.54, 1.807) is 0 Å². The SMILES string of the molecule is C=C(C)[C@@H]1CCC(C)=C[C@H]1c1c(O)c(Br)c(CCC)c(Br)c1O. The third kappa shape index (κ3) is 3.53. The van der Waals surface area contributed by atoms with Crippen LogP contribution in [0.25, 0.3) is 0 Å². The molecule has 0 heterocycles. The molecule has 0 aliphatic heterocycles. The summed E-state index contributed by atoms with van der Waals surface area (Å²) in [5.41, 5.74) is 3.88. The van der Waals surface area contributed by atoms with Crippen LogP contribution in [0.4, 0.5) is 0 Å². The molecule has 126 valence electrons. The molecule has 0 saturated carbocycles. The summed E-state index contributed by atoms with van der Waals surface area (Å²) in [6.45, 7) is 10.3. The van der Waals surface area contributed by atoms with Crippen LogP contribution in [0.2, 0.25) is 0 Å². The molecule has 0 saturated heterocycles. The summed E-state index contributed by atoms with van der Waals surface area (Å²) in [5, 5.41) is 21.5. The van der Waals surface area contributed by atoms with Crippen LogP contribution in [0.3, 0.4) is 0 Å². The van der Waals surface area contributed by atoms with Crippen molar-refractivity contribution in [3.63, 3.8) is 0 Å². The summed E-state index contributed by atoms with van der Waals surface area (Å²) >= 11 is 7.04. The number of hydrogen-bond acceptors (Lipinski definition) is 2. The molecule has 0 radical (unpaired) electrons. The molecule has 2 atom stereocenters. The van der Waals surface area contributed by atoms with E-state index >= 15 is 0 Å². The van der Waals surface area contributed by atoms with E-state index < -0.39 is 0 Å². The van der Waals surface area contributed by atoms with Gasteiger partial charge >= 0.3 is 0 Å². The average molecular weight is 444 g/mol. The van der Waals surface area contributed by atoms with Crippen molar-refractivity contribution in [1.82, 2.24) is 0 Å². The van der Waals surface area contributed by atoms with E-state index in [1.807, 2.05) is 6.92 Å². The number of phenols is 2. The van der Waals surface area contributed by atoms with Gasteiger partial charge in [-0.2, -0.15) is 0 Å². The molecule has 0 unspecified atom stereocenters. The standard InChI is InChI=1S/C19H24Br2O2/c1-5-6-13-16(20)18(22)15(19(23)17(13)21)14-9-11(4)7-8-12(14)10(2)3/h9,12,14,22-23H,2,5-8H2,1,3-4H3/t12-,14+/m0/s1. The smallest absolute Gasteiger partial charge is 0.137 e. The van der Waals surface area contributed by atoms with Crippen molar-refractivity contribution in [3.8, 4) is 11.5 Å². The van der Waals surface area contributed by atoms with E-state index in [2.05, 4.69) is 58.4 Å². The minimum absolute atomic E-state index is 0.0514. The van der Waals surface area contributed by atoms with Gasteiger partial charge in [0, 0.05) is 11.5 Å². The number of hydrogen-bond donors (Lipinski definition) is 2. The molecule has 0 fully saturated rings. The molecule has 4 heteroatoms. The fraction of sp³-hybridized carbons (Fsp3) is 0.474. The van der Waals surface area contributed by atoms with E-state index in [1.165, 1.54) is 5.57 Å². The molecule has 1 aliphatic carbocycles. The highest BCUT2D eigenvalue weighted by Crippen LogP contribution is 2.52. The summed E-state index contributed by atoms with van der Waals surface area (Å²) in [5.74, 6) is 0.476. The van der Waals surface area contributed by atoms with E-state index in [9.17, 15) is 10.2 Å². The Morgan fingerprint density at radius 1 is 1.26 bits per heavy atom. The van der Waals surface area contributed by atoms with Crippen LogP contribution in [0.5, 0.6) is 11.5 Å². The Morgan fingerprint density at radius 2 is 1.83 bits per heavy atom. The van der Waals surface area contributed by atoms with Crippen molar-refractivity contribution in [1.29, 1.82) is 0 Å².